The molecule has 0 bridgehead atoms. The van der Waals surface area contributed by atoms with E-state index < -0.39 is 36.0 Å². The number of carboxylic acids is 1. The summed E-state index contributed by atoms with van der Waals surface area (Å²) in [5, 5.41) is 16.2. The smallest absolute Gasteiger partial charge is 0.323 e. The number of carboxylic acid groups (broad SMARTS) is 1. The number of benzene rings is 5. The SMILES string of the molecule is O=C(O)CN(Cc1ccc(-c2noc(-c3ccc(-c4ccccc4)cc3)n2)cc1)C(=O)c1ccc(NC(=O)Cc2ccc(F)cc2F)cc1. The number of carbonyl (C=O) groups is 3. The number of hydrogen-bond donors (Lipinski definition) is 2. The molecule has 2 N–H and O–H groups in total. The highest BCUT2D eigenvalue weighted by Gasteiger charge is 2.20. The van der Waals surface area contributed by atoms with Crippen LogP contribution in [0.3, 0.4) is 0 Å². The van der Waals surface area contributed by atoms with Crippen LogP contribution < -0.4 is 5.32 Å². The molecule has 2 amide bonds. The molecule has 0 atom stereocenters. The fraction of sp³-hybridized carbons (Fsp3) is 0.0789. The predicted octanol–water partition coefficient (Wildman–Crippen LogP) is 7.26. The maximum Gasteiger partial charge on any atom is 0.323 e. The lowest BCUT2D eigenvalue weighted by atomic mass is 10.0. The Bertz CT molecular complexity index is 2100. The molecule has 6 rings (SSSR count). The molecular formula is C38H28F2N4O5. The second-order valence-corrected chi connectivity index (χ2v) is 11.2. The van der Waals surface area contributed by atoms with E-state index in [-0.39, 0.29) is 24.1 Å². The summed E-state index contributed by atoms with van der Waals surface area (Å²) in [6.45, 7) is -0.530. The molecule has 0 saturated heterocycles. The van der Waals surface area contributed by atoms with Crippen molar-refractivity contribution in [3.63, 3.8) is 0 Å². The lowest BCUT2D eigenvalue weighted by Gasteiger charge is -2.21. The molecule has 0 unspecified atom stereocenters. The molecule has 244 valence electrons. The molecule has 0 radical (unpaired) electrons. The summed E-state index contributed by atoms with van der Waals surface area (Å²) in [6, 6.07) is 33.7. The van der Waals surface area contributed by atoms with E-state index >= 15 is 0 Å². The van der Waals surface area contributed by atoms with Gasteiger partial charge in [0.15, 0.2) is 0 Å². The van der Waals surface area contributed by atoms with E-state index in [1.54, 1.807) is 24.3 Å². The lowest BCUT2D eigenvalue weighted by Crippen LogP contribution is -2.35. The van der Waals surface area contributed by atoms with Crippen molar-refractivity contribution < 1.29 is 32.8 Å². The molecule has 0 spiro atoms. The van der Waals surface area contributed by atoms with Crippen molar-refractivity contribution >= 4 is 23.5 Å². The van der Waals surface area contributed by atoms with Crippen LogP contribution >= 0.6 is 0 Å². The van der Waals surface area contributed by atoms with Crippen LogP contribution in [-0.4, -0.2) is 44.5 Å². The molecule has 6 aromatic rings. The van der Waals surface area contributed by atoms with Crippen molar-refractivity contribution in [1.82, 2.24) is 15.0 Å². The molecule has 0 aliphatic rings. The van der Waals surface area contributed by atoms with E-state index in [9.17, 15) is 28.3 Å². The number of nitrogens with one attached hydrogen (secondary N) is 1. The maximum absolute atomic E-state index is 13.9. The van der Waals surface area contributed by atoms with Gasteiger partial charge in [0.25, 0.3) is 11.8 Å². The molecule has 11 heteroatoms. The van der Waals surface area contributed by atoms with Crippen molar-refractivity contribution in [2.45, 2.75) is 13.0 Å². The minimum Gasteiger partial charge on any atom is -0.480 e. The predicted molar refractivity (Wildman–Crippen MR) is 178 cm³/mol. The molecule has 9 nitrogen and oxygen atoms in total. The summed E-state index contributed by atoms with van der Waals surface area (Å²) in [7, 11) is 0. The Morgan fingerprint density at radius 3 is 2.08 bits per heavy atom. The molecule has 49 heavy (non-hydrogen) atoms. The topological polar surface area (TPSA) is 126 Å². The lowest BCUT2D eigenvalue weighted by molar-refractivity contribution is -0.137. The van der Waals surface area contributed by atoms with Gasteiger partial charge in [0.05, 0.1) is 6.42 Å². The third-order valence-electron chi connectivity index (χ3n) is 7.65. The summed E-state index contributed by atoms with van der Waals surface area (Å²) >= 11 is 0. The largest absolute Gasteiger partial charge is 0.480 e. The normalized spacial score (nSPS) is 10.8. The van der Waals surface area contributed by atoms with Crippen LogP contribution in [0.4, 0.5) is 14.5 Å². The molecule has 0 aliphatic carbocycles. The van der Waals surface area contributed by atoms with Crippen LogP contribution in [0.25, 0.3) is 34.0 Å². The third kappa shape index (κ3) is 8.09. The van der Waals surface area contributed by atoms with Crippen molar-refractivity contribution in [2.75, 3.05) is 11.9 Å². The highest BCUT2D eigenvalue weighted by atomic mass is 19.1. The number of amides is 2. The average molecular weight is 659 g/mol. The minimum atomic E-state index is -1.18. The molecule has 0 fully saturated rings. The number of carbonyl (C=O) groups excluding carboxylic acids is 2. The molecule has 1 aromatic heterocycles. The van der Waals surface area contributed by atoms with E-state index in [1.165, 1.54) is 35.2 Å². The number of anilines is 1. The summed E-state index contributed by atoms with van der Waals surface area (Å²) in [5.41, 5.74) is 4.88. The van der Waals surface area contributed by atoms with Crippen molar-refractivity contribution in [3.05, 3.63) is 150 Å². The van der Waals surface area contributed by atoms with Gasteiger partial charge in [-0.1, -0.05) is 78.0 Å². The maximum atomic E-state index is 13.9. The van der Waals surface area contributed by atoms with Gasteiger partial charge in [-0.2, -0.15) is 4.98 Å². The van der Waals surface area contributed by atoms with E-state index in [2.05, 4.69) is 15.5 Å². The van der Waals surface area contributed by atoms with E-state index in [0.717, 1.165) is 22.8 Å². The van der Waals surface area contributed by atoms with E-state index in [1.807, 2.05) is 54.6 Å². The molecule has 1 heterocycles. The monoisotopic (exact) mass is 658 g/mol. The Balaban J connectivity index is 1.09. The van der Waals surface area contributed by atoms with Gasteiger partial charge in [-0.15, -0.1) is 0 Å². The van der Waals surface area contributed by atoms with Crippen LogP contribution in [0, 0.1) is 11.6 Å². The van der Waals surface area contributed by atoms with Crippen LogP contribution in [0.2, 0.25) is 0 Å². The van der Waals surface area contributed by atoms with Gasteiger partial charge in [0.1, 0.15) is 18.2 Å². The highest BCUT2D eigenvalue weighted by Crippen LogP contribution is 2.26. The number of aromatic nitrogens is 2. The van der Waals surface area contributed by atoms with Gasteiger partial charge in [0.2, 0.25) is 11.7 Å². The standard InChI is InChI=1S/C38H28F2N4O5/c39-31-17-14-30(33(40)21-31)20-34(45)41-32-18-15-29(16-19-32)38(48)44(23-35(46)47)22-24-6-8-27(9-7-24)36-42-37(49-43-36)28-12-10-26(11-13-28)25-4-2-1-3-5-25/h1-19,21H,20,22-23H2,(H,41,45)(H,46,47). The first kappa shape index (κ1) is 32.5. The fourth-order valence-corrected chi connectivity index (χ4v) is 5.16. The first-order valence-electron chi connectivity index (χ1n) is 15.2. The van der Waals surface area contributed by atoms with Crippen molar-refractivity contribution in [3.8, 4) is 34.0 Å². The summed E-state index contributed by atoms with van der Waals surface area (Å²) < 4.78 is 32.6. The van der Waals surface area contributed by atoms with Gasteiger partial charge in [-0.25, -0.2) is 8.78 Å². The summed E-state index contributed by atoms with van der Waals surface area (Å²) in [5.74, 6) is -3.07. The van der Waals surface area contributed by atoms with Gasteiger partial charge < -0.3 is 19.8 Å². The Morgan fingerprint density at radius 1 is 0.755 bits per heavy atom. The van der Waals surface area contributed by atoms with Gasteiger partial charge in [0, 0.05) is 35.0 Å². The second-order valence-electron chi connectivity index (χ2n) is 11.2. The second kappa shape index (κ2) is 14.5. The number of aliphatic carboxylic acids is 1. The Morgan fingerprint density at radius 2 is 1.41 bits per heavy atom. The van der Waals surface area contributed by atoms with Gasteiger partial charge in [-0.3, -0.25) is 14.4 Å². The Kier molecular flexibility index (Phi) is 9.61. The number of rotatable bonds is 11. The molecular weight excluding hydrogens is 630 g/mol. The fourth-order valence-electron chi connectivity index (χ4n) is 5.16. The van der Waals surface area contributed by atoms with Crippen LogP contribution in [0.15, 0.2) is 126 Å². The zero-order chi connectivity index (χ0) is 34.3. The van der Waals surface area contributed by atoms with E-state index in [0.29, 0.717) is 34.6 Å². The van der Waals surface area contributed by atoms with E-state index in [4.69, 9.17) is 4.52 Å². The average Bonchev–Trinajstić information content (AvgIpc) is 3.60. The van der Waals surface area contributed by atoms with Crippen LogP contribution in [0.1, 0.15) is 21.5 Å². The molecule has 5 aromatic carbocycles. The molecule has 0 saturated carbocycles. The Hall–Kier alpha value is -6.49. The number of hydrogen-bond acceptors (Lipinski definition) is 6. The van der Waals surface area contributed by atoms with Crippen LogP contribution in [-0.2, 0) is 22.6 Å². The van der Waals surface area contributed by atoms with Crippen LogP contribution in [0.5, 0.6) is 0 Å². The zero-order valence-corrected chi connectivity index (χ0v) is 25.8. The first-order valence-corrected chi connectivity index (χ1v) is 15.2. The highest BCUT2D eigenvalue weighted by molar-refractivity contribution is 5.97. The number of nitrogens with zero attached hydrogens (tertiary/aromatic N) is 3. The minimum absolute atomic E-state index is 0.0123. The Labute approximate surface area is 279 Å². The number of halogens is 2. The van der Waals surface area contributed by atoms with Gasteiger partial charge in [-0.05, 0) is 64.7 Å². The summed E-state index contributed by atoms with van der Waals surface area (Å²) in [4.78, 5) is 43.1. The van der Waals surface area contributed by atoms with Crippen molar-refractivity contribution in [1.29, 1.82) is 0 Å². The third-order valence-corrected chi connectivity index (χ3v) is 7.65. The molecule has 0 aliphatic heterocycles. The zero-order valence-electron chi connectivity index (χ0n) is 25.8. The summed E-state index contributed by atoms with van der Waals surface area (Å²) in [6.07, 6.45) is -0.311. The quantitative estimate of drug-likeness (QED) is 0.150. The van der Waals surface area contributed by atoms with Crippen molar-refractivity contribution in [2.24, 2.45) is 0 Å². The van der Waals surface area contributed by atoms with Gasteiger partial charge >= 0.3 is 5.97 Å². The first-order chi connectivity index (χ1) is 23.7.